The number of aromatic nitrogens is 1. The highest BCUT2D eigenvalue weighted by Gasteiger charge is 2.09. The van der Waals surface area contributed by atoms with Crippen molar-refractivity contribution in [2.75, 3.05) is 0 Å². The molecule has 1 aromatic carbocycles. The molecule has 0 N–H and O–H groups in total. The van der Waals surface area contributed by atoms with E-state index in [9.17, 15) is 4.79 Å². The molecule has 1 heterocycles. The predicted molar refractivity (Wildman–Crippen MR) is 69.8 cm³/mol. The van der Waals surface area contributed by atoms with E-state index in [-0.39, 0.29) is 6.10 Å². The Hall–Kier alpha value is -2.16. The van der Waals surface area contributed by atoms with Crippen molar-refractivity contribution >= 4 is 6.29 Å². The number of aryl methyl sites for hydroxylation is 1. The lowest BCUT2D eigenvalue weighted by Gasteiger charge is -2.15. The second-order valence-corrected chi connectivity index (χ2v) is 4.18. The number of ether oxygens (including phenoxy) is 1. The molecular weight excluding hydrogens is 226 g/mol. The maximum atomic E-state index is 10.6. The van der Waals surface area contributed by atoms with Gasteiger partial charge in [0, 0.05) is 17.3 Å². The van der Waals surface area contributed by atoms with Crippen LogP contribution in [0.25, 0.3) is 0 Å². The lowest BCUT2D eigenvalue weighted by molar-refractivity contribution is 0.112. The Balaban J connectivity index is 2.17. The summed E-state index contributed by atoms with van der Waals surface area (Å²) in [5.74, 6) is 0.567. The quantitative estimate of drug-likeness (QED) is 0.771. The van der Waals surface area contributed by atoms with Gasteiger partial charge in [-0.1, -0.05) is 30.3 Å². The molecule has 2 aromatic rings. The molecule has 0 saturated carbocycles. The normalized spacial score (nSPS) is 11.9. The summed E-state index contributed by atoms with van der Waals surface area (Å²) in [5, 5.41) is 0. The molecule has 18 heavy (non-hydrogen) atoms. The topological polar surface area (TPSA) is 39.2 Å². The number of benzene rings is 1. The van der Waals surface area contributed by atoms with Crippen molar-refractivity contribution in [2.24, 2.45) is 0 Å². The van der Waals surface area contributed by atoms with Crippen LogP contribution in [-0.2, 0) is 0 Å². The van der Waals surface area contributed by atoms with Crippen LogP contribution in [0.4, 0.5) is 0 Å². The Bertz CT molecular complexity index is 537. The largest absolute Gasteiger partial charge is 0.470 e. The third kappa shape index (κ3) is 2.74. The van der Waals surface area contributed by atoms with Gasteiger partial charge in [0.15, 0.2) is 6.29 Å². The fourth-order valence-electron chi connectivity index (χ4n) is 1.73. The zero-order valence-electron chi connectivity index (χ0n) is 10.5. The molecule has 0 aliphatic rings. The molecule has 2 rings (SSSR count). The summed E-state index contributed by atoms with van der Waals surface area (Å²) in [5.41, 5.74) is 2.52. The molecule has 1 atom stereocenters. The first-order chi connectivity index (χ1) is 8.70. The molecule has 0 amide bonds. The van der Waals surface area contributed by atoms with E-state index < -0.39 is 0 Å². The van der Waals surface area contributed by atoms with Gasteiger partial charge in [0.1, 0.15) is 6.10 Å². The Morgan fingerprint density at radius 1 is 1.28 bits per heavy atom. The highest BCUT2D eigenvalue weighted by Crippen LogP contribution is 2.22. The highest BCUT2D eigenvalue weighted by atomic mass is 16.5. The maximum Gasteiger partial charge on any atom is 0.216 e. The summed E-state index contributed by atoms with van der Waals surface area (Å²) in [6, 6.07) is 11.7. The van der Waals surface area contributed by atoms with E-state index in [2.05, 4.69) is 4.98 Å². The molecule has 0 spiro atoms. The summed E-state index contributed by atoms with van der Waals surface area (Å²) < 4.78 is 5.80. The first-order valence-electron chi connectivity index (χ1n) is 5.84. The number of hydrogen-bond donors (Lipinski definition) is 0. The van der Waals surface area contributed by atoms with Crippen LogP contribution >= 0.6 is 0 Å². The number of rotatable bonds is 4. The van der Waals surface area contributed by atoms with Crippen molar-refractivity contribution in [1.82, 2.24) is 4.98 Å². The SMILES string of the molecule is Cc1cc(C=O)cnc1OC(C)c1ccccc1. The molecule has 0 bridgehead atoms. The number of nitrogens with zero attached hydrogens (tertiary/aromatic N) is 1. The van der Waals surface area contributed by atoms with Gasteiger partial charge >= 0.3 is 0 Å². The molecule has 0 aliphatic heterocycles. The van der Waals surface area contributed by atoms with Gasteiger partial charge in [-0.25, -0.2) is 4.98 Å². The average molecular weight is 241 g/mol. The Labute approximate surface area is 106 Å². The van der Waals surface area contributed by atoms with Gasteiger partial charge < -0.3 is 4.74 Å². The van der Waals surface area contributed by atoms with E-state index >= 15 is 0 Å². The molecular formula is C15H15NO2. The van der Waals surface area contributed by atoms with Gasteiger partial charge in [0.2, 0.25) is 5.88 Å². The molecule has 0 saturated heterocycles. The van der Waals surface area contributed by atoms with Gasteiger partial charge in [0.25, 0.3) is 0 Å². The lowest BCUT2D eigenvalue weighted by atomic mass is 10.1. The van der Waals surface area contributed by atoms with E-state index in [1.54, 1.807) is 6.07 Å². The van der Waals surface area contributed by atoms with Crippen LogP contribution < -0.4 is 4.74 Å². The minimum absolute atomic E-state index is 0.0699. The average Bonchev–Trinajstić information content (AvgIpc) is 2.42. The summed E-state index contributed by atoms with van der Waals surface area (Å²) in [6.07, 6.45) is 2.23. The smallest absolute Gasteiger partial charge is 0.216 e. The van der Waals surface area contributed by atoms with Gasteiger partial charge in [-0.2, -0.15) is 0 Å². The lowest BCUT2D eigenvalue weighted by Crippen LogP contribution is -2.05. The van der Waals surface area contributed by atoms with Gasteiger partial charge in [-0.15, -0.1) is 0 Å². The van der Waals surface area contributed by atoms with Crippen LogP contribution in [0, 0.1) is 6.92 Å². The van der Waals surface area contributed by atoms with Crippen molar-refractivity contribution in [2.45, 2.75) is 20.0 Å². The molecule has 0 radical (unpaired) electrons. The molecule has 3 nitrogen and oxygen atoms in total. The minimum atomic E-state index is -0.0699. The van der Waals surface area contributed by atoms with Crippen molar-refractivity contribution in [1.29, 1.82) is 0 Å². The molecule has 92 valence electrons. The third-order valence-electron chi connectivity index (χ3n) is 2.74. The third-order valence-corrected chi connectivity index (χ3v) is 2.74. The number of hydrogen-bond acceptors (Lipinski definition) is 3. The van der Waals surface area contributed by atoms with Gasteiger partial charge in [0.05, 0.1) is 0 Å². The number of carbonyl (C=O) groups is 1. The highest BCUT2D eigenvalue weighted by molar-refractivity contribution is 5.74. The Morgan fingerprint density at radius 2 is 2.00 bits per heavy atom. The standard InChI is InChI=1S/C15H15NO2/c1-11-8-13(10-17)9-16-15(11)18-12(2)14-6-4-3-5-7-14/h3-10,12H,1-2H3. The first-order valence-corrected chi connectivity index (χ1v) is 5.84. The van der Waals surface area contributed by atoms with Crippen LogP contribution in [0.3, 0.4) is 0 Å². The fraction of sp³-hybridized carbons (Fsp3) is 0.200. The van der Waals surface area contributed by atoms with Crippen molar-refractivity contribution in [3.05, 3.63) is 59.3 Å². The summed E-state index contributed by atoms with van der Waals surface area (Å²) in [6.45, 7) is 3.86. The zero-order chi connectivity index (χ0) is 13.0. The summed E-state index contributed by atoms with van der Waals surface area (Å²) in [7, 11) is 0. The van der Waals surface area contributed by atoms with E-state index in [4.69, 9.17) is 4.74 Å². The monoisotopic (exact) mass is 241 g/mol. The predicted octanol–water partition coefficient (Wildman–Crippen LogP) is 3.34. The molecule has 0 aliphatic carbocycles. The second kappa shape index (κ2) is 5.45. The van der Waals surface area contributed by atoms with Crippen molar-refractivity contribution in [3.63, 3.8) is 0 Å². The number of aldehydes is 1. The maximum absolute atomic E-state index is 10.6. The fourth-order valence-corrected chi connectivity index (χ4v) is 1.73. The zero-order valence-corrected chi connectivity index (χ0v) is 10.5. The molecule has 1 aromatic heterocycles. The van der Waals surface area contributed by atoms with Gasteiger partial charge in [-0.05, 0) is 25.5 Å². The van der Waals surface area contributed by atoms with Crippen LogP contribution in [0.15, 0.2) is 42.6 Å². The summed E-state index contributed by atoms with van der Waals surface area (Å²) in [4.78, 5) is 14.8. The van der Waals surface area contributed by atoms with Crippen LogP contribution in [0.1, 0.15) is 34.5 Å². The second-order valence-electron chi connectivity index (χ2n) is 4.18. The van der Waals surface area contributed by atoms with Gasteiger partial charge in [-0.3, -0.25) is 4.79 Å². The van der Waals surface area contributed by atoms with E-state index in [0.717, 1.165) is 17.4 Å². The van der Waals surface area contributed by atoms with E-state index in [1.807, 2.05) is 44.2 Å². The Morgan fingerprint density at radius 3 is 2.61 bits per heavy atom. The van der Waals surface area contributed by atoms with Crippen LogP contribution in [-0.4, -0.2) is 11.3 Å². The molecule has 3 heteroatoms. The van der Waals surface area contributed by atoms with Crippen molar-refractivity contribution in [3.8, 4) is 5.88 Å². The number of pyridine rings is 1. The van der Waals surface area contributed by atoms with E-state index in [1.165, 1.54) is 6.20 Å². The van der Waals surface area contributed by atoms with Crippen LogP contribution in [0.2, 0.25) is 0 Å². The molecule has 1 unspecified atom stereocenters. The van der Waals surface area contributed by atoms with Crippen LogP contribution in [0.5, 0.6) is 5.88 Å². The van der Waals surface area contributed by atoms with Crippen molar-refractivity contribution < 1.29 is 9.53 Å². The minimum Gasteiger partial charge on any atom is -0.470 e. The van der Waals surface area contributed by atoms with E-state index in [0.29, 0.717) is 11.4 Å². The molecule has 0 fully saturated rings. The summed E-state index contributed by atoms with van der Waals surface area (Å²) >= 11 is 0. The number of carbonyl (C=O) groups excluding carboxylic acids is 1. The Kier molecular flexibility index (Phi) is 3.72. The first kappa shape index (κ1) is 12.3.